The number of hydrogen-bond acceptors (Lipinski definition) is 6. The summed E-state index contributed by atoms with van der Waals surface area (Å²) in [4.78, 5) is 24.4. The van der Waals surface area contributed by atoms with E-state index in [1.54, 1.807) is 10.8 Å². The van der Waals surface area contributed by atoms with Gasteiger partial charge in [0, 0.05) is 50.4 Å². The van der Waals surface area contributed by atoms with Crippen molar-refractivity contribution >= 4 is 39.3 Å². The van der Waals surface area contributed by atoms with Crippen molar-refractivity contribution < 1.29 is 18.1 Å². The van der Waals surface area contributed by atoms with Crippen LogP contribution >= 0.6 is 11.6 Å². The summed E-state index contributed by atoms with van der Waals surface area (Å²) in [6.07, 6.45) is 5.00. The lowest BCUT2D eigenvalue weighted by atomic mass is 10.2. The molecule has 0 bridgehead atoms. The molecule has 1 fully saturated rings. The van der Waals surface area contributed by atoms with Crippen LogP contribution < -0.4 is 0 Å². The van der Waals surface area contributed by atoms with Gasteiger partial charge in [-0.1, -0.05) is 37.1 Å². The van der Waals surface area contributed by atoms with Crippen LogP contribution in [0.25, 0.3) is 6.08 Å². The molecule has 10 nitrogen and oxygen atoms in total. The maximum atomic E-state index is 12.9. The summed E-state index contributed by atoms with van der Waals surface area (Å²) >= 11 is 6.40. The average Bonchev–Trinajstić information content (AvgIpc) is 3.08. The summed E-state index contributed by atoms with van der Waals surface area (Å²) in [6, 6.07) is 5.25. The van der Waals surface area contributed by atoms with Gasteiger partial charge in [-0.15, -0.1) is 0 Å². The first-order valence-electron chi connectivity index (χ1n) is 10.6. The molecule has 0 radical (unpaired) electrons. The van der Waals surface area contributed by atoms with Crippen molar-refractivity contribution in [2.24, 2.45) is 0 Å². The molecule has 2 heterocycles. The Bertz CT molecular complexity index is 1170. The topological polar surface area (TPSA) is 119 Å². The largest absolute Gasteiger partial charge is 0.337 e. The first kappa shape index (κ1) is 24.9. The first-order chi connectivity index (χ1) is 15.7. The number of nitro benzene ring substituents is 1. The van der Waals surface area contributed by atoms with Crippen LogP contribution in [0.5, 0.6) is 0 Å². The maximum absolute atomic E-state index is 12.9. The van der Waals surface area contributed by atoms with Crippen molar-refractivity contribution in [1.29, 1.82) is 0 Å². The third-order valence-corrected chi connectivity index (χ3v) is 7.80. The smallest absolute Gasteiger partial charge is 0.289 e. The second kappa shape index (κ2) is 10.4. The molecule has 0 atom stereocenters. The van der Waals surface area contributed by atoms with Crippen LogP contribution in [0.3, 0.4) is 0 Å². The quantitative estimate of drug-likeness (QED) is 0.315. The van der Waals surface area contributed by atoms with Crippen molar-refractivity contribution in [3.63, 3.8) is 0 Å². The molecule has 178 valence electrons. The minimum atomic E-state index is -4.05. The molecule has 1 saturated heterocycles. The monoisotopic (exact) mass is 495 g/mol. The number of nitrogens with zero attached hydrogens (tertiary/aromatic N) is 5. The number of unbranched alkanes of at least 4 members (excludes halogenated alkanes) is 1. The highest BCUT2D eigenvalue weighted by Gasteiger charge is 2.34. The van der Waals surface area contributed by atoms with Crippen LogP contribution in [0.2, 0.25) is 5.15 Å². The SMILES string of the molecule is CCCCn1nc(C)c(/C=C/C(=O)N2CCN(S(=O)(=O)c3ccccc3[N+](=O)[O-])CC2)c1Cl. The number of carbonyl (C=O) groups is 1. The van der Waals surface area contributed by atoms with Crippen molar-refractivity contribution in [2.75, 3.05) is 26.2 Å². The number of piperazine rings is 1. The van der Waals surface area contributed by atoms with Gasteiger partial charge in [0.15, 0.2) is 4.90 Å². The Morgan fingerprint density at radius 3 is 2.55 bits per heavy atom. The molecule has 0 aliphatic carbocycles. The number of aryl methyl sites for hydroxylation is 2. The summed E-state index contributed by atoms with van der Waals surface area (Å²) in [6.45, 7) is 5.04. The predicted octanol–water partition coefficient (Wildman–Crippen LogP) is 3.10. The van der Waals surface area contributed by atoms with Gasteiger partial charge in [-0.05, 0) is 25.5 Å². The van der Waals surface area contributed by atoms with Crippen molar-refractivity contribution in [3.05, 3.63) is 56.9 Å². The summed E-state index contributed by atoms with van der Waals surface area (Å²) < 4.78 is 28.8. The summed E-state index contributed by atoms with van der Waals surface area (Å²) in [7, 11) is -4.05. The zero-order valence-electron chi connectivity index (χ0n) is 18.5. The number of sulfonamides is 1. The molecular weight excluding hydrogens is 470 g/mol. The highest BCUT2D eigenvalue weighted by molar-refractivity contribution is 7.89. The lowest BCUT2D eigenvalue weighted by molar-refractivity contribution is -0.387. The molecule has 12 heteroatoms. The number of hydrogen-bond donors (Lipinski definition) is 0. The summed E-state index contributed by atoms with van der Waals surface area (Å²) in [5.74, 6) is -0.269. The van der Waals surface area contributed by atoms with E-state index in [4.69, 9.17) is 11.6 Å². The molecule has 1 aromatic carbocycles. The second-order valence-corrected chi connectivity index (χ2v) is 9.92. The van der Waals surface area contributed by atoms with Crippen molar-refractivity contribution in [3.8, 4) is 0 Å². The van der Waals surface area contributed by atoms with E-state index in [2.05, 4.69) is 12.0 Å². The van der Waals surface area contributed by atoms with Gasteiger partial charge >= 0.3 is 0 Å². The molecule has 0 N–H and O–H groups in total. The summed E-state index contributed by atoms with van der Waals surface area (Å²) in [5, 5.41) is 16.1. The normalized spacial score (nSPS) is 15.3. The van der Waals surface area contributed by atoms with Gasteiger partial charge in [-0.3, -0.25) is 19.6 Å². The molecular formula is C21H26ClN5O5S. The van der Waals surface area contributed by atoms with Crippen LogP contribution in [0, 0.1) is 17.0 Å². The molecule has 33 heavy (non-hydrogen) atoms. The average molecular weight is 496 g/mol. The van der Waals surface area contributed by atoms with E-state index in [0.717, 1.165) is 24.6 Å². The number of rotatable bonds is 8. The fraction of sp³-hybridized carbons (Fsp3) is 0.429. The van der Waals surface area contributed by atoms with Crippen LogP contribution in [0.4, 0.5) is 5.69 Å². The highest BCUT2D eigenvalue weighted by atomic mass is 35.5. The minimum Gasteiger partial charge on any atom is -0.337 e. The standard InChI is InChI=1S/C21H26ClN5O5S/c1-3-4-11-26-21(22)17(16(2)23-26)9-10-20(28)24-12-14-25(15-13-24)33(31,32)19-8-6-5-7-18(19)27(29)30/h5-10H,3-4,11-15H2,1-2H3/b10-9+. The second-order valence-electron chi connectivity index (χ2n) is 7.65. The molecule has 0 unspecified atom stereocenters. The van der Waals surface area contributed by atoms with Gasteiger partial charge in [0.05, 0.1) is 10.6 Å². The fourth-order valence-electron chi connectivity index (χ4n) is 3.59. The van der Waals surface area contributed by atoms with Gasteiger partial charge in [0.2, 0.25) is 15.9 Å². The van der Waals surface area contributed by atoms with Crippen molar-refractivity contribution in [2.45, 2.75) is 38.1 Å². The predicted molar refractivity (Wildman–Crippen MR) is 124 cm³/mol. The van der Waals surface area contributed by atoms with E-state index in [0.29, 0.717) is 17.3 Å². The maximum Gasteiger partial charge on any atom is 0.289 e. The number of para-hydroxylation sites is 1. The van der Waals surface area contributed by atoms with Gasteiger partial charge in [0.25, 0.3) is 5.69 Å². The number of nitro groups is 1. The molecule has 1 aromatic heterocycles. The molecule has 2 aromatic rings. The molecule has 3 rings (SSSR count). The Hall–Kier alpha value is -2.76. The highest BCUT2D eigenvalue weighted by Crippen LogP contribution is 2.27. The van der Waals surface area contributed by atoms with Crippen LogP contribution in [-0.4, -0.2) is 64.4 Å². The zero-order chi connectivity index (χ0) is 24.2. The molecule has 0 spiro atoms. The Labute approximate surface area is 197 Å². The molecule has 1 amide bonds. The minimum absolute atomic E-state index is 0.0443. The fourth-order valence-corrected chi connectivity index (χ4v) is 5.49. The first-order valence-corrected chi connectivity index (χ1v) is 12.4. The van der Waals surface area contributed by atoms with E-state index in [1.165, 1.54) is 33.5 Å². The van der Waals surface area contributed by atoms with Crippen LogP contribution in [0.15, 0.2) is 35.2 Å². The number of carbonyl (C=O) groups excluding carboxylic acids is 1. The van der Waals surface area contributed by atoms with Gasteiger partial charge in [-0.2, -0.15) is 9.40 Å². The van der Waals surface area contributed by atoms with Gasteiger partial charge in [0.1, 0.15) is 5.15 Å². The zero-order valence-corrected chi connectivity index (χ0v) is 20.0. The molecule has 1 aliphatic heterocycles. The van der Waals surface area contributed by atoms with Gasteiger partial charge in [-0.25, -0.2) is 8.42 Å². The van der Waals surface area contributed by atoms with E-state index >= 15 is 0 Å². The molecule has 0 saturated carbocycles. The van der Waals surface area contributed by atoms with Crippen LogP contribution in [-0.2, 0) is 21.4 Å². The Kier molecular flexibility index (Phi) is 7.88. The summed E-state index contributed by atoms with van der Waals surface area (Å²) in [5.41, 5.74) is 0.935. The van der Waals surface area contributed by atoms with E-state index in [9.17, 15) is 23.3 Å². The third kappa shape index (κ3) is 5.43. The van der Waals surface area contributed by atoms with Crippen LogP contribution in [0.1, 0.15) is 31.0 Å². The molecule has 1 aliphatic rings. The van der Waals surface area contributed by atoms with Gasteiger partial charge < -0.3 is 4.90 Å². The van der Waals surface area contributed by atoms with E-state index < -0.39 is 20.6 Å². The number of halogens is 1. The Morgan fingerprint density at radius 1 is 1.24 bits per heavy atom. The Balaban J connectivity index is 1.66. The number of benzene rings is 1. The van der Waals surface area contributed by atoms with E-state index in [-0.39, 0.29) is 37.0 Å². The lowest BCUT2D eigenvalue weighted by Crippen LogP contribution is -2.50. The third-order valence-electron chi connectivity index (χ3n) is 5.46. The number of amides is 1. The number of aromatic nitrogens is 2. The van der Waals surface area contributed by atoms with E-state index in [1.807, 2.05) is 6.92 Å². The van der Waals surface area contributed by atoms with Crippen molar-refractivity contribution in [1.82, 2.24) is 19.0 Å². The lowest BCUT2D eigenvalue weighted by Gasteiger charge is -2.33. The Morgan fingerprint density at radius 2 is 1.91 bits per heavy atom.